The average molecular weight is 200 g/mol. The summed E-state index contributed by atoms with van der Waals surface area (Å²) >= 11 is 0. The Balaban J connectivity index is 2.08. The van der Waals surface area contributed by atoms with Gasteiger partial charge in [0.2, 0.25) is 0 Å². The lowest BCUT2D eigenvalue weighted by atomic mass is 9.99. The Hall–Kier alpha value is -0.120. The van der Waals surface area contributed by atoms with Crippen molar-refractivity contribution in [1.29, 1.82) is 0 Å². The summed E-state index contributed by atoms with van der Waals surface area (Å²) in [4.78, 5) is 0. The largest absolute Gasteiger partial charge is 0.381 e. The van der Waals surface area contributed by atoms with Gasteiger partial charge in [-0.2, -0.15) is 0 Å². The maximum atomic E-state index is 5.33. The van der Waals surface area contributed by atoms with Crippen LogP contribution in [0.5, 0.6) is 0 Å². The van der Waals surface area contributed by atoms with E-state index in [0.717, 1.165) is 32.2 Å². The Kier molecular flexibility index (Phi) is 4.85. The van der Waals surface area contributed by atoms with Crippen LogP contribution in [0.2, 0.25) is 0 Å². The molecule has 0 aromatic heterocycles. The first-order valence-electron chi connectivity index (χ1n) is 5.61. The van der Waals surface area contributed by atoms with Crippen LogP contribution in [-0.4, -0.2) is 38.9 Å². The van der Waals surface area contributed by atoms with Gasteiger partial charge in [-0.15, -0.1) is 0 Å². The van der Waals surface area contributed by atoms with Gasteiger partial charge in [-0.1, -0.05) is 0 Å². The van der Waals surface area contributed by atoms with Gasteiger partial charge >= 0.3 is 0 Å². The molecule has 3 heteroatoms. The van der Waals surface area contributed by atoms with Crippen molar-refractivity contribution >= 4 is 0 Å². The number of hydrogen-bond donors (Lipinski definition) is 2. The van der Waals surface area contributed by atoms with Crippen LogP contribution >= 0.6 is 0 Å². The van der Waals surface area contributed by atoms with Crippen LogP contribution < -0.4 is 10.6 Å². The second kappa shape index (κ2) is 5.69. The smallest absolute Gasteiger partial charge is 0.0469 e. The lowest BCUT2D eigenvalue weighted by Crippen LogP contribution is -2.46. The molecule has 0 bridgehead atoms. The molecule has 1 fully saturated rings. The fraction of sp³-hybridized carbons (Fsp3) is 1.00. The number of likely N-dealkylation sites (N-methyl/N-ethyl adjacent to an activating group) is 1. The van der Waals surface area contributed by atoms with E-state index < -0.39 is 0 Å². The lowest BCUT2D eigenvalue weighted by Gasteiger charge is -2.27. The van der Waals surface area contributed by atoms with Gasteiger partial charge in [0.05, 0.1) is 0 Å². The molecule has 84 valence electrons. The lowest BCUT2D eigenvalue weighted by molar-refractivity contribution is 0.0659. The molecule has 1 rings (SSSR count). The summed E-state index contributed by atoms with van der Waals surface area (Å²) in [5.41, 5.74) is 0.200. The molecular weight excluding hydrogens is 176 g/mol. The van der Waals surface area contributed by atoms with E-state index in [1.165, 1.54) is 12.8 Å². The Bertz CT molecular complexity index is 153. The predicted molar refractivity (Wildman–Crippen MR) is 59.6 cm³/mol. The molecule has 0 saturated carbocycles. The van der Waals surface area contributed by atoms with Gasteiger partial charge in [0, 0.05) is 25.3 Å². The van der Waals surface area contributed by atoms with Gasteiger partial charge in [-0.25, -0.2) is 0 Å². The van der Waals surface area contributed by atoms with Gasteiger partial charge in [-0.3, -0.25) is 0 Å². The topological polar surface area (TPSA) is 33.3 Å². The van der Waals surface area contributed by atoms with Crippen molar-refractivity contribution < 1.29 is 4.74 Å². The third-order valence-corrected chi connectivity index (χ3v) is 3.02. The van der Waals surface area contributed by atoms with Crippen LogP contribution in [0.4, 0.5) is 0 Å². The zero-order valence-corrected chi connectivity index (χ0v) is 9.73. The van der Waals surface area contributed by atoms with Crippen LogP contribution in [0.25, 0.3) is 0 Å². The quantitative estimate of drug-likeness (QED) is 0.694. The molecule has 0 atom stereocenters. The first-order valence-corrected chi connectivity index (χ1v) is 5.61. The maximum Gasteiger partial charge on any atom is 0.0469 e. The average Bonchev–Trinajstić information content (AvgIpc) is 2.19. The normalized spacial score (nSPS) is 19.9. The summed E-state index contributed by atoms with van der Waals surface area (Å²) in [6.45, 7) is 8.48. The molecule has 0 radical (unpaired) electrons. The Morgan fingerprint density at radius 1 is 1.29 bits per heavy atom. The van der Waals surface area contributed by atoms with Gasteiger partial charge in [0.25, 0.3) is 0 Å². The highest BCUT2D eigenvalue weighted by molar-refractivity contribution is 4.79. The molecule has 0 aromatic rings. The molecule has 1 aliphatic heterocycles. The highest BCUT2D eigenvalue weighted by atomic mass is 16.5. The molecule has 3 nitrogen and oxygen atoms in total. The van der Waals surface area contributed by atoms with Gasteiger partial charge in [-0.05, 0) is 46.2 Å². The van der Waals surface area contributed by atoms with Gasteiger partial charge in [0.15, 0.2) is 0 Å². The monoisotopic (exact) mass is 200 g/mol. The Labute approximate surface area is 87.6 Å². The first-order chi connectivity index (χ1) is 6.64. The molecule has 0 aliphatic carbocycles. The fourth-order valence-corrected chi connectivity index (χ4v) is 1.63. The minimum absolute atomic E-state index is 0.200. The van der Waals surface area contributed by atoms with E-state index in [0.29, 0.717) is 0 Å². The second-order valence-corrected chi connectivity index (χ2v) is 4.82. The predicted octanol–water partition coefficient (Wildman–Crippen LogP) is 1.00. The van der Waals surface area contributed by atoms with Crippen molar-refractivity contribution in [2.24, 2.45) is 5.92 Å². The van der Waals surface area contributed by atoms with Crippen molar-refractivity contribution in [3.05, 3.63) is 0 Å². The highest BCUT2D eigenvalue weighted by Gasteiger charge is 2.16. The zero-order valence-electron chi connectivity index (χ0n) is 9.73. The summed E-state index contributed by atoms with van der Waals surface area (Å²) in [5.74, 6) is 0.816. The Morgan fingerprint density at radius 2 is 1.93 bits per heavy atom. The standard InChI is InChI=1S/C11H24N2O/c1-11(2,12-3)9-13-8-10-4-6-14-7-5-10/h10,12-13H,4-9H2,1-3H3. The maximum absolute atomic E-state index is 5.33. The molecule has 0 aromatic carbocycles. The molecule has 2 N–H and O–H groups in total. The molecule has 0 amide bonds. The Morgan fingerprint density at radius 3 is 2.50 bits per heavy atom. The second-order valence-electron chi connectivity index (χ2n) is 4.82. The minimum Gasteiger partial charge on any atom is -0.381 e. The van der Waals surface area contributed by atoms with E-state index in [2.05, 4.69) is 24.5 Å². The van der Waals surface area contributed by atoms with Crippen LogP contribution in [0.1, 0.15) is 26.7 Å². The molecule has 1 saturated heterocycles. The minimum atomic E-state index is 0.200. The molecule has 0 spiro atoms. The fourth-order valence-electron chi connectivity index (χ4n) is 1.63. The summed E-state index contributed by atoms with van der Waals surface area (Å²) in [5, 5.41) is 6.82. The zero-order chi connectivity index (χ0) is 10.4. The van der Waals surface area contributed by atoms with Crippen LogP contribution in [0, 0.1) is 5.92 Å². The van der Waals surface area contributed by atoms with E-state index in [9.17, 15) is 0 Å². The third-order valence-electron chi connectivity index (χ3n) is 3.02. The molecule has 14 heavy (non-hydrogen) atoms. The summed E-state index contributed by atoms with van der Waals surface area (Å²) < 4.78 is 5.33. The van der Waals surface area contributed by atoms with Crippen molar-refractivity contribution in [2.45, 2.75) is 32.2 Å². The van der Waals surface area contributed by atoms with E-state index in [1.807, 2.05) is 7.05 Å². The number of hydrogen-bond acceptors (Lipinski definition) is 3. The van der Waals surface area contributed by atoms with E-state index in [1.54, 1.807) is 0 Å². The number of ether oxygens (including phenoxy) is 1. The van der Waals surface area contributed by atoms with Gasteiger partial charge < -0.3 is 15.4 Å². The molecular formula is C11H24N2O. The molecule has 0 unspecified atom stereocenters. The van der Waals surface area contributed by atoms with E-state index in [-0.39, 0.29) is 5.54 Å². The molecule has 1 heterocycles. The third kappa shape index (κ3) is 4.40. The van der Waals surface area contributed by atoms with Crippen molar-refractivity contribution in [3.63, 3.8) is 0 Å². The van der Waals surface area contributed by atoms with Crippen LogP contribution in [0.15, 0.2) is 0 Å². The van der Waals surface area contributed by atoms with Crippen molar-refractivity contribution in [3.8, 4) is 0 Å². The van der Waals surface area contributed by atoms with E-state index >= 15 is 0 Å². The van der Waals surface area contributed by atoms with Crippen molar-refractivity contribution in [1.82, 2.24) is 10.6 Å². The van der Waals surface area contributed by atoms with Gasteiger partial charge in [0.1, 0.15) is 0 Å². The molecule has 1 aliphatic rings. The van der Waals surface area contributed by atoms with Crippen LogP contribution in [-0.2, 0) is 4.74 Å². The summed E-state index contributed by atoms with van der Waals surface area (Å²) in [6, 6.07) is 0. The first kappa shape index (κ1) is 12.0. The SMILES string of the molecule is CNC(C)(C)CNCC1CCOCC1. The summed E-state index contributed by atoms with van der Waals surface area (Å²) in [7, 11) is 2.01. The summed E-state index contributed by atoms with van der Waals surface area (Å²) in [6.07, 6.45) is 2.43. The van der Waals surface area contributed by atoms with Crippen LogP contribution in [0.3, 0.4) is 0 Å². The number of rotatable bonds is 5. The van der Waals surface area contributed by atoms with E-state index in [4.69, 9.17) is 4.74 Å². The van der Waals surface area contributed by atoms with Crippen molar-refractivity contribution in [2.75, 3.05) is 33.4 Å². The highest BCUT2D eigenvalue weighted by Crippen LogP contribution is 2.13. The number of nitrogens with one attached hydrogen (secondary N) is 2.